The third kappa shape index (κ3) is 4.54. The van der Waals surface area contributed by atoms with Gasteiger partial charge in [-0.05, 0) is 72.8 Å². The molecule has 0 N–H and O–H groups in total. The predicted octanol–water partition coefficient (Wildman–Crippen LogP) is 6.73. The van der Waals surface area contributed by atoms with Crippen molar-refractivity contribution in [1.29, 1.82) is 0 Å². The number of ether oxygens (including phenoxy) is 2. The van der Waals surface area contributed by atoms with E-state index in [1.807, 2.05) is 57.4 Å². The fraction of sp³-hybridized carbons (Fsp3) is 0.0769. The first-order chi connectivity index (χ1) is 16.2. The average molecular weight is 463 g/mol. The third-order valence-electron chi connectivity index (χ3n) is 5.12. The van der Waals surface area contributed by atoms with Gasteiger partial charge in [0.1, 0.15) is 24.8 Å². The number of hydrogen-bond donors (Lipinski definition) is 0. The van der Waals surface area contributed by atoms with Crippen LogP contribution in [0.3, 0.4) is 0 Å². The Balaban J connectivity index is 0.000000162. The van der Waals surface area contributed by atoms with E-state index >= 15 is 0 Å². The lowest BCUT2D eigenvalue weighted by atomic mass is 10.2. The zero-order chi connectivity index (χ0) is 22.6. The van der Waals surface area contributed by atoms with Crippen LogP contribution in [0.2, 0.25) is 0 Å². The molecule has 4 nitrogen and oxygen atoms in total. The largest absolute Gasteiger partial charge is 0.485 e. The van der Waals surface area contributed by atoms with Crippen molar-refractivity contribution in [3.63, 3.8) is 0 Å². The highest BCUT2D eigenvalue weighted by Crippen LogP contribution is 2.46. The van der Waals surface area contributed by atoms with Gasteiger partial charge in [0, 0.05) is 35.3 Å². The highest BCUT2D eigenvalue weighted by molar-refractivity contribution is 7.14. The Bertz CT molecular complexity index is 1320. The molecule has 1 aliphatic heterocycles. The molecule has 5 aromatic rings. The summed E-state index contributed by atoms with van der Waals surface area (Å²) in [5.41, 5.74) is 2.90. The van der Waals surface area contributed by atoms with E-state index in [9.17, 15) is 8.78 Å². The number of halogens is 2. The van der Waals surface area contributed by atoms with E-state index in [4.69, 9.17) is 9.47 Å². The zero-order valence-corrected chi connectivity index (χ0v) is 18.3. The number of nitrogens with zero attached hydrogens (tertiary/aromatic N) is 2. The van der Waals surface area contributed by atoms with Crippen LogP contribution < -0.4 is 9.47 Å². The minimum atomic E-state index is -0.238. The molecule has 1 aliphatic rings. The topological polar surface area (TPSA) is 28.3 Å². The maximum Gasteiger partial charge on any atom is 0.181 e. The molecule has 4 heterocycles. The van der Waals surface area contributed by atoms with Crippen molar-refractivity contribution in [3.05, 3.63) is 108 Å². The van der Waals surface area contributed by atoms with Crippen molar-refractivity contribution in [3.8, 4) is 33.4 Å². The lowest BCUT2D eigenvalue weighted by Gasteiger charge is -2.16. The lowest BCUT2D eigenvalue weighted by Crippen LogP contribution is -2.14. The van der Waals surface area contributed by atoms with Gasteiger partial charge in [0.15, 0.2) is 11.5 Å². The molecular formula is C26H20F2N2O2S. The highest BCUT2D eigenvalue weighted by atomic mass is 32.1. The summed E-state index contributed by atoms with van der Waals surface area (Å²) < 4.78 is 40.9. The van der Waals surface area contributed by atoms with Crippen LogP contribution in [0.5, 0.6) is 11.5 Å². The van der Waals surface area contributed by atoms with Crippen molar-refractivity contribution < 1.29 is 18.3 Å². The fourth-order valence-electron chi connectivity index (χ4n) is 3.55. The van der Waals surface area contributed by atoms with Crippen LogP contribution in [-0.2, 0) is 0 Å². The predicted molar refractivity (Wildman–Crippen MR) is 126 cm³/mol. The van der Waals surface area contributed by atoms with Crippen LogP contribution in [0, 0.1) is 11.6 Å². The van der Waals surface area contributed by atoms with Gasteiger partial charge in [0.05, 0.1) is 10.6 Å². The molecule has 0 saturated heterocycles. The molecule has 0 aliphatic carbocycles. The smallest absolute Gasteiger partial charge is 0.181 e. The molecule has 0 amide bonds. The Hall–Kier alpha value is -3.84. The summed E-state index contributed by atoms with van der Waals surface area (Å²) in [4.78, 5) is 1.03. The summed E-state index contributed by atoms with van der Waals surface area (Å²) in [5, 5.41) is 1.96. The van der Waals surface area contributed by atoms with Crippen LogP contribution in [-0.4, -0.2) is 22.3 Å². The summed E-state index contributed by atoms with van der Waals surface area (Å²) in [6.07, 6.45) is 5.80. The van der Waals surface area contributed by atoms with Crippen molar-refractivity contribution in [2.45, 2.75) is 0 Å². The van der Waals surface area contributed by atoms with E-state index < -0.39 is 0 Å². The van der Waals surface area contributed by atoms with E-state index in [-0.39, 0.29) is 11.6 Å². The van der Waals surface area contributed by atoms with Crippen molar-refractivity contribution >= 4 is 11.3 Å². The van der Waals surface area contributed by atoms with Crippen LogP contribution in [0.4, 0.5) is 8.78 Å². The Kier molecular flexibility index (Phi) is 5.95. The molecule has 0 bridgehead atoms. The number of rotatable bonds is 3. The first-order valence-corrected chi connectivity index (χ1v) is 11.3. The fourth-order valence-corrected chi connectivity index (χ4v) is 4.51. The molecule has 0 spiro atoms. The van der Waals surface area contributed by atoms with Crippen LogP contribution in [0.25, 0.3) is 21.9 Å². The van der Waals surface area contributed by atoms with Crippen LogP contribution >= 0.6 is 11.3 Å². The molecule has 7 heteroatoms. The lowest BCUT2D eigenvalue weighted by molar-refractivity contribution is 0.174. The second-order valence-electron chi connectivity index (χ2n) is 7.26. The van der Waals surface area contributed by atoms with E-state index in [1.54, 1.807) is 35.6 Å². The van der Waals surface area contributed by atoms with Crippen molar-refractivity contribution in [2.24, 2.45) is 0 Å². The standard InChI is InChI=1S/C16H12FNO2S.C10H8FN/c17-11-3-5-12(6-4-11)18-7-1-2-13(18)16-15-14(10-21-16)19-8-9-20-15;11-9-3-5-10(6-4-9)12-7-1-2-8-12/h1-7,10H,8-9H2;1-8H. The minimum Gasteiger partial charge on any atom is -0.485 e. The van der Waals surface area contributed by atoms with Gasteiger partial charge >= 0.3 is 0 Å². The second-order valence-corrected chi connectivity index (χ2v) is 8.14. The molecule has 0 fully saturated rings. The van der Waals surface area contributed by atoms with Crippen LogP contribution in [0.1, 0.15) is 0 Å². The van der Waals surface area contributed by atoms with Crippen LogP contribution in [0.15, 0.2) is 96.8 Å². The van der Waals surface area contributed by atoms with Gasteiger partial charge in [-0.25, -0.2) is 8.78 Å². The molecule has 166 valence electrons. The van der Waals surface area contributed by atoms with Gasteiger partial charge in [0.25, 0.3) is 0 Å². The number of thiophene rings is 1. The zero-order valence-electron chi connectivity index (χ0n) is 17.5. The molecule has 3 aromatic heterocycles. The van der Waals surface area contributed by atoms with E-state index in [2.05, 4.69) is 0 Å². The van der Waals surface area contributed by atoms with E-state index in [0.717, 1.165) is 33.4 Å². The molecular weight excluding hydrogens is 442 g/mol. The van der Waals surface area contributed by atoms with Crippen molar-refractivity contribution in [1.82, 2.24) is 9.13 Å². The second kappa shape index (κ2) is 9.34. The van der Waals surface area contributed by atoms with Gasteiger partial charge in [-0.2, -0.15) is 0 Å². The first-order valence-electron chi connectivity index (χ1n) is 10.4. The summed E-state index contributed by atoms with van der Waals surface area (Å²) in [6.45, 7) is 1.15. The quantitative estimate of drug-likeness (QED) is 0.297. The number of benzene rings is 2. The van der Waals surface area contributed by atoms with Gasteiger partial charge in [-0.1, -0.05) is 0 Å². The Morgan fingerprint density at radius 3 is 2.03 bits per heavy atom. The van der Waals surface area contributed by atoms with Gasteiger partial charge in [-0.3, -0.25) is 0 Å². The third-order valence-corrected chi connectivity index (χ3v) is 6.08. The highest BCUT2D eigenvalue weighted by Gasteiger charge is 2.21. The van der Waals surface area contributed by atoms with E-state index in [1.165, 1.54) is 24.3 Å². The molecule has 33 heavy (non-hydrogen) atoms. The van der Waals surface area contributed by atoms with Gasteiger partial charge in [0.2, 0.25) is 0 Å². The molecule has 2 aromatic carbocycles. The van der Waals surface area contributed by atoms with Gasteiger partial charge < -0.3 is 18.6 Å². The SMILES string of the molecule is Fc1ccc(-n2cccc2)cc1.Fc1ccc(-n2cccc2-c2scc3c2OCCO3)cc1. The molecule has 6 rings (SSSR count). The molecule has 0 unspecified atom stereocenters. The summed E-state index contributed by atoms with van der Waals surface area (Å²) >= 11 is 1.59. The maximum atomic E-state index is 13.1. The molecule has 0 atom stereocenters. The summed E-state index contributed by atoms with van der Waals surface area (Å²) in [7, 11) is 0. The molecule has 0 radical (unpaired) electrons. The summed E-state index contributed by atoms with van der Waals surface area (Å²) in [6, 6.07) is 20.7. The number of hydrogen-bond acceptors (Lipinski definition) is 3. The van der Waals surface area contributed by atoms with E-state index in [0.29, 0.717) is 13.2 Å². The minimum absolute atomic E-state index is 0.203. The number of aromatic nitrogens is 2. The Morgan fingerprint density at radius 1 is 0.697 bits per heavy atom. The number of fused-ring (bicyclic) bond motifs is 1. The Morgan fingerprint density at radius 2 is 1.33 bits per heavy atom. The normalized spacial score (nSPS) is 12.2. The monoisotopic (exact) mass is 462 g/mol. The Labute approximate surface area is 193 Å². The van der Waals surface area contributed by atoms with Crippen molar-refractivity contribution in [2.75, 3.05) is 13.2 Å². The average Bonchev–Trinajstić information content (AvgIpc) is 3.61. The molecule has 0 saturated carbocycles. The van der Waals surface area contributed by atoms with Gasteiger partial charge in [-0.15, -0.1) is 11.3 Å². The maximum absolute atomic E-state index is 13.1. The first kappa shape index (κ1) is 21.0. The summed E-state index contributed by atoms with van der Waals surface area (Å²) in [5.74, 6) is 1.16.